The number of carbonyl (C=O) groups excluding carboxylic acids is 1. The molecule has 0 saturated carbocycles. The first-order chi connectivity index (χ1) is 18.7. The minimum atomic E-state index is -4.53. The molecule has 39 heavy (non-hydrogen) atoms. The zero-order valence-electron chi connectivity index (χ0n) is 21.3. The number of rotatable bonds is 5. The second kappa shape index (κ2) is 10.8. The van der Waals surface area contributed by atoms with Crippen LogP contribution in [0.25, 0.3) is 0 Å². The number of hydrogen-bond acceptors (Lipinski definition) is 5. The van der Waals surface area contributed by atoms with Crippen LogP contribution in [0.2, 0.25) is 0 Å². The number of benzene rings is 2. The maximum atomic E-state index is 14.2. The highest BCUT2D eigenvalue weighted by Gasteiger charge is 2.48. The Morgan fingerprint density at radius 2 is 1.74 bits per heavy atom. The largest absolute Gasteiger partial charge is 0.445 e. The average molecular weight is 541 g/mol. The molecule has 1 fully saturated rings. The minimum absolute atomic E-state index is 0.0313. The number of nitrogens with zero attached hydrogens (tertiary/aromatic N) is 4. The molecule has 204 valence electrons. The Balaban J connectivity index is 1.34. The molecular formula is C29H28F4N4O2. The van der Waals surface area contributed by atoms with Crippen molar-refractivity contribution in [1.82, 2.24) is 14.8 Å². The molecule has 2 unspecified atom stereocenters. The summed E-state index contributed by atoms with van der Waals surface area (Å²) in [5, 5.41) is 0. The summed E-state index contributed by atoms with van der Waals surface area (Å²) in [6.07, 6.45) is -1.11. The Bertz CT molecular complexity index is 1340. The van der Waals surface area contributed by atoms with Crippen molar-refractivity contribution in [2.24, 2.45) is 10.9 Å². The van der Waals surface area contributed by atoms with Gasteiger partial charge in [-0.2, -0.15) is 17.6 Å². The lowest BCUT2D eigenvalue weighted by Crippen LogP contribution is -2.50. The van der Waals surface area contributed by atoms with Crippen molar-refractivity contribution in [3.8, 4) is 0 Å². The number of pyridine rings is 1. The van der Waals surface area contributed by atoms with Gasteiger partial charge in [-0.05, 0) is 66.8 Å². The summed E-state index contributed by atoms with van der Waals surface area (Å²) < 4.78 is 60.5. The number of aliphatic imine (C=N–C) groups is 1. The zero-order valence-corrected chi connectivity index (χ0v) is 21.3. The first kappa shape index (κ1) is 26.8. The lowest BCUT2D eigenvalue weighted by molar-refractivity contribution is -0.137. The highest BCUT2D eigenvalue weighted by molar-refractivity contribution is 5.81. The standard InChI is InChI=1S/C29H28F4N4O2/c1-36-26(21-11-14-37(15-12-21)27(38)39-18-20-6-3-2-4-7-20)35-19-28(36,23-10-13-34-25(30)17-23)22-8-5-9-24(16-22)29(31,32)33/h2-10,13,16-17,19,21,26H,11-12,14-15,18H2,1H3. The predicted molar refractivity (Wildman–Crippen MR) is 137 cm³/mol. The molecule has 2 aromatic carbocycles. The molecule has 2 atom stereocenters. The van der Waals surface area contributed by atoms with Gasteiger partial charge in [-0.25, -0.2) is 9.78 Å². The van der Waals surface area contributed by atoms with E-state index in [2.05, 4.69) is 4.98 Å². The topological polar surface area (TPSA) is 58.0 Å². The van der Waals surface area contributed by atoms with Crippen LogP contribution in [-0.4, -0.2) is 53.4 Å². The number of piperidine rings is 1. The summed E-state index contributed by atoms with van der Waals surface area (Å²) >= 11 is 0. The van der Waals surface area contributed by atoms with Gasteiger partial charge in [0.05, 0.1) is 5.56 Å². The van der Waals surface area contributed by atoms with Crippen molar-refractivity contribution in [2.75, 3.05) is 20.1 Å². The van der Waals surface area contributed by atoms with E-state index in [1.165, 1.54) is 18.3 Å². The van der Waals surface area contributed by atoms with Crippen molar-refractivity contribution in [1.29, 1.82) is 0 Å². The van der Waals surface area contributed by atoms with E-state index in [4.69, 9.17) is 9.73 Å². The number of halogens is 4. The van der Waals surface area contributed by atoms with E-state index in [0.29, 0.717) is 37.1 Å². The van der Waals surface area contributed by atoms with Crippen LogP contribution in [0.4, 0.5) is 22.4 Å². The number of alkyl halides is 3. The van der Waals surface area contributed by atoms with Crippen LogP contribution in [0.5, 0.6) is 0 Å². The van der Waals surface area contributed by atoms with Crippen LogP contribution in [0.1, 0.15) is 35.1 Å². The third kappa shape index (κ3) is 5.38. The van der Waals surface area contributed by atoms with E-state index < -0.39 is 23.2 Å². The second-order valence-electron chi connectivity index (χ2n) is 9.88. The highest BCUT2D eigenvalue weighted by atomic mass is 19.4. The van der Waals surface area contributed by atoms with Crippen molar-refractivity contribution >= 4 is 12.3 Å². The van der Waals surface area contributed by atoms with Gasteiger partial charge in [0.1, 0.15) is 18.3 Å². The lowest BCUT2D eigenvalue weighted by atomic mass is 9.81. The van der Waals surface area contributed by atoms with E-state index >= 15 is 0 Å². The van der Waals surface area contributed by atoms with Gasteiger partial charge in [-0.15, -0.1) is 0 Å². The fraction of sp³-hybridized carbons (Fsp3) is 0.345. The number of hydrogen-bond donors (Lipinski definition) is 0. The molecule has 1 amide bonds. The number of carbonyl (C=O) groups is 1. The van der Waals surface area contributed by atoms with Gasteiger partial charge >= 0.3 is 12.3 Å². The third-order valence-corrected chi connectivity index (χ3v) is 7.59. The van der Waals surface area contributed by atoms with Crippen molar-refractivity contribution < 1.29 is 27.1 Å². The first-order valence-electron chi connectivity index (χ1n) is 12.7. The summed E-state index contributed by atoms with van der Waals surface area (Å²) in [5.74, 6) is -0.699. The molecule has 10 heteroatoms. The molecule has 1 saturated heterocycles. The van der Waals surface area contributed by atoms with E-state index in [-0.39, 0.29) is 24.8 Å². The van der Waals surface area contributed by atoms with Crippen LogP contribution < -0.4 is 0 Å². The molecule has 1 aromatic heterocycles. The van der Waals surface area contributed by atoms with Gasteiger partial charge < -0.3 is 9.64 Å². The maximum absolute atomic E-state index is 14.2. The first-order valence-corrected chi connectivity index (χ1v) is 12.7. The second-order valence-corrected chi connectivity index (χ2v) is 9.88. The minimum Gasteiger partial charge on any atom is -0.445 e. The molecule has 3 heterocycles. The average Bonchev–Trinajstić information content (AvgIpc) is 3.29. The Labute approximate surface area is 223 Å². The van der Waals surface area contributed by atoms with Crippen LogP contribution in [-0.2, 0) is 23.1 Å². The summed E-state index contributed by atoms with van der Waals surface area (Å²) in [6.45, 7) is 1.13. The van der Waals surface area contributed by atoms with Crippen molar-refractivity contribution in [2.45, 2.75) is 37.3 Å². The maximum Gasteiger partial charge on any atom is 0.416 e. The van der Waals surface area contributed by atoms with E-state index in [1.54, 1.807) is 30.3 Å². The normalized spacial score (nSPS) is 22.3. The predicted octanol–water partition coefficient (Wildman–Crippen LogP) is 5.87. The van der Waals surface area contributed by atoms with Crippen LogP contribution in [0.15, 0.2) is 77.9 Å². The Morgan fingerprint density at radius 1 is 1.03 bits per heavy atom. The molecular weight excluding hydrogens is 512 g/mol. The summed E-state index contributed by atoms with van der Waals surface area (Å²) in [7, 11) is 1.79. The molecule has 0 radical (unpaired) electrons. The van der Waals surface area contributed by atoms with Crippen molar-refractivity contribution in [3.63, 3.8) is 0 Å². The Kier molecular flexibility index (Phi) is 7.40. The Hall–Kier alpha value is -3.79. The van der Waals surface area contributed by atoms with Gasteiger partial charge in [0.25, 0.3) is 0 Å². The molecule has 2 aliphatic heterocycles. The van der Waals surface area contributed by atoms with Crippen molar-refractivity contribution in [3.05, 3.63) is 101 Å². The SMILES string of the molecule is CN1C(C2CCN(C(=O)OCc3ccccc3)CC2)N=CC1(c1cccc(C(F)(F)F)c1)c1ccnc(F)c1. The summed E-state index contributed by atoms with van der Waals surface area (Å²) in [5.41, 5.74) is -0.340. The quantitative estimate of drug-likeness (QED) is 0.300. The molecule has 0 aliphatic carbocycles. The number of amides is 1. The van der Waals surface area contributed by atoms with Crippen LogP contribution in [0.3, 0.4) is 0 Å². The van der Waals surface area contributed by atoms with Gasteiger partial charge in [-0.1, -0.05) is 42.5 Å². The van der Waals surface area contributed by atoms with Crippen LogP contribution >= 0.6 is 0 Å². The summed E-state index contributed by atoms with van der Waals surface area (Å²) in [4.78, 5) is 24.6. The van der Waals surface area contributed by atoms with E-state index in [1.807, 2.05) is 35.2 Å². The molecule has 0 bridgehead atoms. The highest BCUT2D eigenvalue weighted by Crippen LogP contribution is 2.43. The van der Waals surface area contributed by atoms with E-state index in [0.717, 1.165) is 17.7 Å². The van der Waals surface area contributed by atoms with Gasteiger partial charge in [-0.3, -0.25) is 9.89 Å². The number of ether oxygens (including phenoxy) is 1. The molecule has 6 nitrogen and oxygen atoms in total. The molecule has 0 spiro atoms. The third-order valence-electron chi connectivity index (χ3n) is 7.59. The molecule has 0 N–H and O–H groups in total. The number of likely N-dealkylation sites (tertiary alicyclic amines) is 1. The summed E-state index contributed by atoms with van der Waals surface area (Å²) in [6, 6.07) is 17.3. The Morgan fingerprint density at radius 3 is 2.44 bits per heavy atom. The van der Waals surface area contributed by atoms with Gasteiger partial charge in [0.2, 0.25) is 5.95 Å². The molecule has 5 rings (SSSR count). The fourth-order valence-corrected chi connectivity index (χ4v) is 5.51. The van der Waals surface area contributed by atoms with Gasteiger partial charge in [0, 0.05) is 25.5 Å². The monoisotopic (exact) mass is 540 g/mol. The lowest BCUT2D eigenvalue weighted by Gasteiger charge is -2.42. The van der Waals surface area contributed by atoms with Crippen LogP contribution in [0, 0.1) is 11.9 Å². The molecule has 2 aliphatic rings. The smallest absolute Gasteiger partial charge is 0.416 e. The fourth-order valence-electron chi connectivity index (χ4n) is 5.51. The molecule has 3 aromatic rings. The zero-order chi connectivity index (χ0) is 27.6. The van der Waals surface area contributed by atoms with E-state index in [9.17, 15) is 22.4 Å². The number of aromatic nitrogens is 1. The van der Waals surface area contributed by atoms with Gasteiger partial charge in [0.15, 0.2) is 0 Å².